The number of hydrogen-bond donors (Lipinski definition) is 1. The second-order valence-corrected chi connectivity index (χ2v) is 11.4. The average molecular weight is 504 g/mol. The van der Waals surface area contributed by atoms with Crippen molar-refractivity contribution in [2.24, 2.45) is 5.92 Å². The van der Waals surface area contributed by atoms with E-state index in [1.807, 2.05) is 31.2 Å². The number of thioether (sulfide) groups is 1. The molecular weight excluding hydrogens is 474 g/mol. The van der Waals surface area contributed by atoms with E-state index >= 15 is 0 Å². The van der Waals surface area contributed by atoms with Crippen molar-refractivity contribution in [3.63, 3.8) is 0 Å². The Morgan fingerprint density at radius 1 is 1.15 bits per heavy atom. The first-order chi connectivity index (χ1) is 16.3. The van der Waals surface area contributed by atoms with Gasteiger partial charge in [0.15, 0.2) is 0 Å². The molecule has 0 saturated carbocycles. The maximum absolute atomic E-state index is 13.2. The van der Waals surface area contributed by atoms with Gasteiger partial charge in [0.1, 0.15) is 6.54 Å². The molecule has 1 saturated heterocycles. The highest BCUT2D eigenvalue weighted by Crippen LogP contribution is 2.38. The molecule has 4 rings (SSSR count). The van der Waals surface area contributed by atoms with E-state index in [1.54, 1.807) is 12.1 Å². The first-order valence-electron chi connectivity index (χ1n) is 11.3. The van der Waals surface area contributed by atoms with E-state index in [1.165, 1.54) is 27.0 Å². The van der Waals surface area contributed by atoms with Crippen molar-refractivity contribution in [1.82, 2.24) is 4.31 Å². The number of carbonyl (C=O) groups is 2. The molecule has 182 valence electrons. The van der Waals surface area contributed by atoms with Crippen LogP contribution in [0.1, 0.15) is 19.4 Å². The van der Waals surface area contributed by atoms with Gasteiger partial charge in [-0.25, -0.2) is 8.42 Å². The van der Waals surface area contributed by atoms with Crippen LogP contribution in [0.3, 0.4) is 0 Å². The Morgan fingerprint density at radius 3 is 2.53 bits per heavy atom. The van der Waals surface area contributed by atoms with Gasteiger partial charge >= 0.3 is 0 Å². The van der Waals surface area contributed by atoms with Crippen LogP contribution in [0.2, 0.25) is 0 Å². The molecule has 0 spiro atoms. The quantitative estimate of drug-likeness (QED) is 0.651. The summed E-state index contributed by atoms with van der Waals surface area (Å²) in [7, 11) is -3.74. The summed E-state index contributed by atoms with van der Waals surface area (Å²) >= 11 is 1.49. The van der Waals surface area contributed by atoms with Gasteiger partial charge in [-0.05, 0) is 42.3 Å². The van der Waals surface area contributed by atoms with Crippen molar-refractivity contribution < 1.29 is 22.7 Å². The number of nitrogens with zero attached hydrogens (tertiary/aromatic N) is 2. The lowest BCUT2D eigenvalue weighted by Crippen LogP contribution is -2.42. The molecule has 0 aromatic heterocycles. The summed E-state index contributed by atoms with van der Waals surface area (Å²) in [6, 6.07) is 12.4. The van der Waals surface area contributed by atoms with Gasteiger partial charge in [-0.3, -0.25) is 9.59 Å². The number of carbonyl (C=O) groups excluding carboxylic acids is 2. The molecule has 2 amide bonds. The average Bonchev–Trinajstić information content (AvgIpc) is 2.96. The fourth-order valence-corrected chi connectivity index (χ4v) is 6.41. The molecule has 1 atom stereocenters. The zero-order valence-electron chi connectivity index (χ0n) is 19.3. The van der Waals surface area contributed by atoms with Crippen molar-refractivity contribution >= 4 is 45.0 Å². The molecule has 2 heterocycles. The summed E-state index contributed by atoms with van der Waals surface area (Å²) < 4.78 is 33.1. The summed E-state index contributed by atoms with van der Waals surface area (Å²) in [5, 5.41) is 2.84. The van der Waals surface area contributed by atoms with Gasteiger partial charge in [-0.2, -0.15) is 4.31 Å². The molecule has 8 nitrogen and oxygen atoms in total. The third-order valence-corrected chi connectivity index (χ3v) is 9.17. The van der Waals surface area contributed by atoms with E-state index in [2.05, 4.69) is 12.2 Å². The molecule has 1 N–H and O–H groups in total. The first kappa shape index (κ1) is 24.7. The van der Waals surface area contributed by atoms with Crippen LogP contribution in [0.25, 0.3) is 0 Å². The molecule has 2 aliphatic rings. The van der Waals surface area contributed by atoms with Gasteiger partial charge in [-0.1, -0.05) is 26.0 Å². The van der Waals surface area contributed by atoms with Gasteiger partial charge in [0.25, 0.3) is 0 Å². The van der Waals surface area contributed by atoms with E-state index in [0.29, 0.717) is 30.3 Å². The molecule has 34 heavy (non-hydrogen) atoms. The Balaban J connectivity index is 1.62. The van der Waals surface area contributed by atoms with Crippen LogP contribution < -0.4 is 10.2 Å². The SMILES string of the molecule is CCc1ccc(NC(=O)CN2C(=O)C(C)CSc3ccc(S(=O)(=O)N4CCOCC4)cc32)cc1. The maximum atomic E-state index is 13.2. The zero-order chi connectivity index (χ0) is 24.3. The molecule has 2 aromatic carbocycles. The first-order valence-corrected chi connectivity index (χ1v) is 13.8. The highest BCUT2D eigenvalue weighted by molar-refractivity contribution is 7.99. The standard InChI is InChI=1S/C24H29N3O5S2/c1-3-18-4-6-19(7-5-18)25-23(28)15-27-21-14-20(34(30,31)26-10-12-32-13-11-26)8-9-22(21)33-16-17(2)24(27)29/h4-9,14,17H,3,10-13,15-16H2,1-2H3,(H,25,28). The third kappa shape index (κ3) is 5.30. The van der Waals surface area contributed by atoms with Gasteiger partial charge in [0.2, 0.25) is 21.8 Å². The molecule has 1 fully saturated rings. The van der Waals surface area contributed by atoms with E-state index in [4.69, 9.17) is 4.74 Å². The number of fused-ring (bicyclic) bond motifs is 1. The predicted octanol–water partition coefficient (Wildman–Crippen LogP) is 2.98. The van der Waals surface area contributed by atoms with E-state index < -0.39 is 10.0 Å². The maximum Gasteiger partial charge on any atom is 0.244 e. The summed E-state index contributed by atoms with van der Waals surface area (Å²) in [5.41, 5.74) is 2.26. The molecule has 0 aliphatic carbocycles. The summed E-state index contributed by atoms with van der Waals surface area (Å²) in [6.45, 7) is 4.94. The molecule has 1 unspecified atom stereocenters. The number of hydrogen-bond acceptors (Lipinski definition) is 6. The smallest absolute Gasteiger partial charge is 0.244 e. The fourth-order valence-electron chi connectivity index (χ4n) is 3.93. The molecular formula is C24H29N3O5S2. The van der Waals surface area contributed by atoms with Crippen molar-refractivity contribution in [3.8, 4) is 0 Å². The van der Waals surface area contributed by atoms with E-state index in [0.717, 1.165) is 16.9 Å². The number of morpholine rings is 1. The number of aryl methyl sites for hydroxylation is 1. The number of rotatable bonds is 6. The highest BCUT2D eigenvalue weighted by Gasteiger charge is 2.32. The Morgan fingerprint density at radius 2 is 1.85 bits per heavy atom. The number of benzene rings is 2. The minimum Gasteiger partial charge on any atom is -0.379 e. The number of nitrogens with one attached hydrogen (secondary N) is 1. The second kappa shape index (κ2) is 10.5. The summed E-state index contributed by atoms with van der Waals surface area (Å²) in [6.07, 6.45) is 0.901. The van der Waals surface area contributed by atoms with Crippen LogP contribution in [-0.4, -0.2) is 63.1 Å². The Labute approximate surface area is 204 Å². The molecule has 2 aliphatic heterocycles. The van der Waals surface area contributed by atoms with Crippen LogP contribution in [-0.2, 0) is 30.8 Å². The molecule has 2 aromatic rings. The lowest BCUT2D eigenvalue weighted by atomic mass is 10.1. The van der Waals surface area contributed by atoms with Crippen molar-refractivity contribution in [2.75, 3.05) is 48.8 Å². The Bertz CT molecular complexity index is 1160. The topological polar surface area (TPSA) is 96.0 Å². The summed E-state index contributed by atoms with van der Waals surface area (Å²) in [4.78, 5) is 28.4. The van der Waals surface area contributed by atoms with Crippen LogP contribution >= 0.6 is 11.8 Å². The van der Waals surface area contributed by atoms with Gasteiger partial charge in [0, 0.05) is 35.3 Å². The lowest BCUT2D eigenvalue weighted by Gasteiger charge is -2.27. The van der Waals surface area contributed by atoms with E-state index in [-0.39, 0.29) is 42.3 Å². The monoisotopic (exact) mass is 503 g/mol. The van der Waals surface area contributed by atoms with Gasteiger partial charge in [-0.15, -0.1) is 11.8 Å². The number of ether oxygens (including phenoxy) is 1. The highest BCUT2D eigenvalue weighted by atomic mass is 32.2. The van der Waals surface area contributed by atoms with Crippen LogP contribution in [0, 0.1) is 5.92 Å². The van der Waals surface area contributed by atoms with Crippen LogP contribution in [0.4, 0.5) is 11.4 Å². The lowest BCUT2D eigenvalue weighted by molar-refractivity contribution is -0.123. The van der Waals surface area contributed by atoms with Gasteiger partial charge in [0.05, 0.1) is 23.8 Å². The van der Waals surface area contributed by atoms with E-state index in [9.17, 15) is 18.0 Å². The Hall–Kier alpha value is -2.40. The number of sulfonamides is 1. The fraction of sp³-hybridized carbons (Fsp3) is 0.417. The van der Waals surface area contributed by atoms with Crippen molar-refractivity contribution in [1.29, 1.82) is 0 Å². The molecule has 0 radical (unpaired) electrons. The zero-order valence-corrected chi connectivity index (χ0v) is 21.0. The van der Waals surface area contributed by atoms with Gasteiger partial charge < -0.3 is 15.0 Å². The normalized spacial score (nSPS) is 19.4. The molecule has 10 heteroatoms. The summed E-state index contributed by atoms with van der Waals surface area (Å²) in [5.74, 6) is -0.307. The van der Waals surface area contributed by atoms with Crippen molar-refractivity contribution in [2.45, 2.75) is 30.1 Å². The minimum atomic E-state index is -3.74. The Kier molecular flexibility index (Phi) is 7.61. The number of anilines is 2. The third-order valence-electron chi connectivity index (χ3n) is 5.95. The van der Waals surface area contributed by atoms with Crippen molar-refractivity contribution in [3.05, 3.63) is 48.0 Å². The second-order valence-electron chi connectivity index (χ2n) is 8.38. The predicted molar refractivity (Wildman–Crippen MR) is 133 cm³/mol. The van der Waals surface area contributed by atoms with Crippen LogP contribution in [0.5, 0.6) is 0 Å². The minimum absolute atomic E-state index is 0.108. The molecule has 0 bridgehead atoms. The largest absolute Gasteiger partial charge is 0.379 e. The van der Waals surface area contributed by atoms with Crippen LogP contribution in [0.15, 0.2) is 52.3 Å². The number of amides is 2.